The van der Waals surface area contributed by atoms with Crippen molar-refractivity contribution >= 4 is 21.7 Å². The third-order valence-electron chi connectivity index (χ3n) is 5.22. The van der Waals surface area contributed by atoms with E-state index in [9.17, 15) is 4.21 Å². The molecule has 1 aromatic rings. The lowest BCUT2D eigenvalue weighted by molar-refractivity contribution is 0.504. The van der Waals surface area contributed by atoms with Crippen LogP contribution in [-0.4, -0.2) is 9.46 Å². The monoisotopic (exact) mass is 423 g/mol. The van der Waals surface area contributed by atoms with Crippen LogP contribution in [-0.2, 0) is 21.7 Å². The third-order valence-corrected chi connectivity index (χ3v) is 9.35. The van der Waals surface area contributed by atoms with Crippen molar-refractivity contribution < 1.29 is 4.21 Å². The van der Waals surface area contributed by atoms with Gasteiger partial charge >= 0.3 is 0 Å². The molecule has 1 saturated carbocycles. The van der Waals surface area contributed by atoms with E-state index >= 15 is 0 Å². The average Bonchev–Trinajstić information content (AvgIpc) is 3.04. The molecule has 0 N–H and O–H groups in total. The fourth-order valence-corrected chi connectivity index (χ4v) is 7.62. The van der Waals surface area contributed by atoms with E-state index in [1.54, 1.807) is 0 Å². The minimum atomic E-state index is -0.895. The lowest BCUT2D eigenvalue weighted by Crippen LogP contribution is -2.18. The van der Waals surface area contributed by atoms with E-state index in [2.05, 4.69) is 86.4 Å². The smallest absolute Gasteiger partial charge is 0.166 e. The van der Waals surface area contributed by atoms with Crippen LogP contribution in [0.15, 0.2) is 105 Å². The third kappa shape index (κ3) is 5.83. The summed E-state index contributed by atoms with van der Waals surface area (Å²) in [4.78, 5) is 4.86. The number of benzene rings is 1. The first-order valence-corrected chi connectivity index (χ1v) is 12.9. The van der Waals surface area contributed by atoms with Crippen LogP contribution in [0, 0.1) is 0 Å². The standard InChI is InChI=1S/C26H31OS2/c1-3-12-22(13-4-2)28(23-14-8-5-6-9-15-23)24-18-20-26(21-19-24)29(27)25-16-10-7-11-17-25/h3-6,8-9,12-14,18-21,25H,1,7,10-11,15-17H2,2H3/q+1/b13-4-,22-12+. The van der Waals surface area contributed by atoms with Crippen molar-refractivity contribution in [3.8, 4) is 0 Å². The van der Waals surface area contributed by atoms with Crippen LogP contribution in [0.4, 0.5) is 0 Å². The summed E-state index contributed by atoms with van der Waals surface area (Å²) in [6.45, 7) is 5.97. The van der Waals surface area contributed by atoms with Gasteiger partial charge in [0.1, 0.15) is 4.91 Å². The molecule has 1 fully saturated rings. The molecule has 2 aliphatic carbocycles. The zero-order chi connectivity index (χ0) is 20.5. The van der Waals surface area contributed by atoms with Gasteiger partial charge in [0.05, 0.1) is 21.7 Å². The van der Waals surface area contributed by atoms with Gasteiger partial charge in [0.2, 0.25) is 0 Å². The molecule has 0 spiro atoms. The molecule has 3 rings (SSSR count). The summed E-state index contributed by atoms with van der Waals surface area (Å²) in [6, 6.07) is 8.53. The molecule has 0 saturated heterocycles. The Balaban J connectivity index is 1.93. The highest BCUT2D eigenvalue weighted by Crippen LogP contribution is 2.34. The van der Waals surface area contributed by atoms with Gasteiger partial charge in [0.25, 0.3) is 0 Å². The quantitative estimate of drug-likeness (QED) is 0.336. The van der Waals surface area contributed by atoms with Gasteiger partial charge in [0.15, 0.2) is 9.80 Å². The maximum atomic E-state index is 13.0. The van der Waals surface area contributed by atoms with Gasteiger partial charge in [-0.3, -0.25) is 4.21 Å². The Kier molecular flexibility index (Phi) is 8.57. The van der Waals surface area contributed by atoms with Crippen LogP contribution in [0.5, 0.6) is 0 Å². The first-order chi connectivity index (χ1) is 14.2. The molecule has 0 aliphatic heterocycles. The zero-order valence-corrected chi connectivity index (χ0v) is 18.9. The molecule has 0 amide bonds. The van der Waals surface area contributed by atoms with E-state index < -0.39 is 10.8 Å². The minimum absolute atomic E-state index is 0.186. The van der Waals surface area contributed by atoms with Gasteiger partial charge in [-0.25, -0.2) is 0 Å². The van der Waals surface area contributed by atoms with Crippen LogP contribution in [0.2, 0.25) is 0 Å². The Labute approximate surface area is 181 Å². The number of hydrogen-bond donors (Lipinski definition) is 0. The van der Waals surface area contributed by atoms with E-state index in [1.807, 2.05) is 6.08 Å². The van der Waals surface area contributed by atoms with Crippen molar-refractivity contribution in [2.24, 2.45) is 0 Å². The summed E-state index contributed by atoms with van der Waals surface area (Å²) >= 11 is 0. The number of allylic oxidation sites excluding steroid dienone is 10. The summed E-state index contributed by atoms with van der Waals surface area (Å²) in [5.74, 6) is 0. The van der Waals surface area contributed by atoms with Crippen LogP contribution in [0.1, 0.15) is 45.4 Å². The first kappa shape index (κ1) is 21.9. The zero-order valence-electron chi connectivity index (χ0n) is 17.3. The van der Waals surface area contributed by atoms with Gasteiger partial charge in [0, 0.05) is 16.6 Å². The Hall–Kier alpha value is -1.84. The van der Waals surface area contributed by atoms with Crippen molar-refractivity contribution in [2.45, 2.75) is 60.5 Å². The molecular formula is C26H31OS2+. The van der Waals surface area contributed by atoms with Crippen LogP contribution >= 0.6 is 0 Å². The molecule has 0 heterocycles. The van der Waals surface area contributed by atoms with Gasteiger partial charge < -0.3 is 0 Å². The molecule has 0 bridgehead atoms. The lowest BCUT2D eigenvalue weighted by atomic mass is 10.0. The molecule has 152 valence electrons. The topological polar surface area (TPSA) is 17.1 Å². The van der Waals surface area contributed by atoms with E-state index in [0.717, 1.165) is 24.2 Å². The normalized spacial score (nSPS) is 20.3. The lowest BCUT2D eigenvalue weighted by Gasteiger charge is -2.21. The van der Waals surface area contributed by atoms with Crippen LogP contribution in [0.3, 0.4) is 0 Å². The largest absolute Gasteiger partial charge is 0.254 e. The molecule has 2 unspecified atom stereocenters. The van der Waals surface area contributed by atoms with Crippen LogP contribution in [0.25, 0.3) is 0 Å². The van der Waals surface area contributed by atoms with Gasteiger partial charge in [-0.1, -0.05) is 62.3 Å². The minimum Gasteiger partial charge on any atom is -0.254 e. The van der Waals surface area contributed by atoms with Crippen molar-refractivity contribution in [2.75, 3.05) is 0 Å². The second-order valence-electron chi connectivity index (χ2n) is 7.29. The number of rotatable bonds is 7. The van der Waals surface area contributed by atoms with Crippen molar-refractivity contribution in [3.05, 3.63) is 95.3 Å². The summed E-state index contributed by atoms with van der Waals surface area (Å²) in [5, 5.41) is 0.326. The number of hydrogen-bond acceptors (Lipinski definition) is 1. The van der Waals surface area contributed by atoms with Crippen molar-refractivity contribution in [1.29, 1.82) is 0 Å². The van der Waals surface area contributed by atoms with Crippen molar-refractivity contribution in [3.63, 3.8) is 0 Å². The van der Waals surface area contributed by atoms with E-state index in [0.29, 0.717) is 5.25 Å². The molecular weight excluding hydrogens is 392 g/mol. The first-order valence-electron chi connectivity index (χ1n) is 10.5. The molecule has 1 aromatic carbocycles. The van der Waals surface area contributed by atoms with Crippen molar-refractivity contribution in [1.82, 2.24) is 0 Å². The van der Waals surface area contributed by atoms with E-state index in [4.69, 9.17) is 0 Å². The Morgan fingerprint density at radius 3 is 2.55 bits per heavy atom. The average molecular weight is 424 g/mol. The molecule has 1 nitrogen and oxygen atoms in total. The van der Waals surface area contributed by atoms with E-state index in [-0.39, 0.29) is 10.9 Å². The maximum absolute atomic E-state index is 13.0. The molecule has 2 atom stereocenters. The summed E-state index contributed by atoms with van der Waals surface area (Å²) in [5.41, 5.74) is 0. The Bertz CT molecular complexity index is 862. The van der Waals surface area contributed by atoms with Gasteiger partial charge in [-0.05, 0) is 62.3 Å². The Morgan fingerprint density at radius 2 is 1.86 bits per heavy atom. The van der Waals surface area contributed by atoms with Gasteiger partial charge in [-0.2, -0.15) is 0 Å². The summed E-state index contributed by atoms with van der Waals surface area (Å²) in [7, 11) is -1.08. The van der Waals surface area contributed by atoms with Crippen LogP contribution < -0.4 is 0 Å². The molecule has 0 radical (unpaired) electrons. The van der Waals surface area contributed by atoms with Gasteiger partial charge in [-0.15, -0.1) is 0 Å². The maximum Gasteiger partial charge on any atom is 0.166 e. The SMILES string of the molecule is C=C/C=C(\C=C/C)[S+](C1=CC=CC=CC1)c1ccc(S(=O)C2CCCCC2)cc1. The van der Waals surface area contributed by atoms with E-state index in [1.165, 1.54) is 34.0 Å². The molecule has 0 aromatic heterocycles. The fourth-order valence-electron chi connectivity index (χ4n) is 3.80. The summed E-state index contributed by atoms with van der Waals surface area (Å²) in [6.07, 6.45) is 25.8. The highest BCUT2D eigenvalue weighted by Gasteiger charge is 2.31. The predicted octanol–water partition coefficient (Wildman–Crippen LogP) is 7.15. The second-order valence-corrected chi connectivity index (χ2v) is 11.1. The molecule has 2 aliphatic rings. The predicted molar refractivity (Wildman–Crippen MR) is 129 cm³/mol. The summed E-state index contributed by atoms with van der Waals surface area (Å²) < 4.78 is 13.0. The highest BCUT2D eigenvalue weighted by atomic mass is 32.2. The highest BCUT2D eigenvalue weighted by molar-refractivity contribution is 8.04. The Morgan fingerprint density at radius 1 is 1.10 bits per heavy atom. The molecule has 29 heavy (non-hydrogen) atoms. The fraction of sp³-hybridized carbons (Fsp3) is 0.308. The molecule has 3 heteroatoms. The second kappa shape index (κ2) is 11.4.